The zero-order valence-corrected chi connectivity index (χ0v) is 16.6. The van der Waals surface area contributed by atoms with Gasteiger partial charge in [0.2, 0.25) is 5.91 Å². The third-order valence-corrected chi connectivity index (χ3v) is 4.94. The van der Waals surface area contributed by atoms with Crippen molar-refractivity contribution in [2.75, 3.05) is 37.6 Å². The van der Waals surface area contributed by atoms with Crippen molar-refractivity contribution in [2.45, 2.75) is 19.5 Å². The lowest BCUT2D eigenvalue weighted by atomic mass is 10.1. The summed E-state index contributed by atoms with van der Waals surface area (Å²) in [5.41, 5.74) is 0.756. The van der Waals surface area contributed by atoms with Crippen LogP contribution < -0.4 is 10.2 Å². The number of piperazine rings is 1. The second-order valence-electron chi connectivity index (χ2n) is 7.15. The molecule has 1 aromatic carbocycles. The van der Waals surface area contributed by atoms with Crippen molar-refractivity contribution in [2.24, 2.45) is 0 Å². The number of nitrogens with zero attached hydrogens (tertiary/aromatic N) is 3. The van der Waals surface area contributed by atoms with Crippen molar-refractivity contribution in [1.29, 1.82) is 0 Å². The fourth-order valence-electron chi connectivity index (χ4n) is 3.26. The molecule has 0 radical (unpaired) electrons. The maximum atomic E-state index is 12.6. The minimum atomic E-state index is -4.41. The van der Waals surface area contributed by atoms with E-state index in [9.17, 15) is 22.8 Å². The number of hydrogen-bond acceptors (Lipinski definition) is 4. The van der Waals surface area contributed by atoms with Gasteiger partial charge in [-0.05, 0) is 31.2 Å². The number of amides is 2. The van der Waals surface area contributed by atoms with Gasteiger partial charge < -0.3 is 15.1 Å². The molecular weight excluding hydrogens is 397 g/mol. The lowest BCUT2D eigenvalue weighted by molar-refractivity contribution is -0.137. The number of carbonyl (C=O) groups excluding carboxylic acids is 2. The van der Waals surface area contributed by atoms with Gasteiger partial charge in [0.25, 0.3) is 5.91 Å². The van der Waals surface area contributed by atoms with Crippen LogP contribution in [0.3, 0.4) is 0 Å². The van der Waals surface area contributed by atoms with Gasteiger partial charge >= 0.3 is 6.18 Å². The average Bonchev–Trinajstić information content (AvgIpc) is 2.73. The summed E-state index contributed by atoms with van der Waals surface area (Å²) < 4.78 is 37.9. The monoisotopic (exact) mass is 420 g/mol. The Hall–Kier alpha value is -3.10. The molecular formula is C21H23F3N4O2. The molecule has 160 valence electrons. The van der Waals surface area contributed by atoms with E-state index < -0.39 is 11.7 Å². The SMILES string of the molecule is Cc1cccc(C(=O)NCCC(=O)N2CCN(c3ccc(C(F)(F)F)cn3)CC2)c1. The molecule has 0 saturated carbocycles. The topological polar surface area (TPSA) is 65.5 Å². The third-order valence-electron chi connectivity index (χ3n) is 4.94. The Kier molecular flexibility index (Phi) is 6.59. The first-order chi connectivity index (χ1) is 14.2. The third kappa shape index (κ3) is 5.49. The Balaban J connectivity index is 1.43. The molecule has 6 nitrogen and oxygen atoms in total. The predicted octanol–water partition coefficient (Wildman–Crippen LogP) is 2.88. The van der Waals surface area contributed by atoms with Gasteiger partial charge in [0, 0.05) is 50.9 Å². The quantitative estimate of drug-likeness (QED) is 0.808. The second-order valence-corrected chi connectivity index (χ2v) is 7.15. The van der Waals surface area contributed by atoms with Gasteiger partial charge in [0.1, 0.15) is 5.82 Å². The number of pyridine rings is 1. The largest absolute Gasteiger partial charge is 0.417 e. The minimum Gasteiger partial charge on any atom is -0.353 e. The number of benzene rings is 1. The lowest BCUT2D eigenvalue weighted by Gasteiger charge is -2.35. The van der Waals surface area contributed by atoms with E-state index in [2.05, 4.69) is 10.3 Å². The molecule has 1 aliphatic heterocycles. The average molecular weight is 420 g/mol. The van der Waals surface area contributed by atoms with Crippen LogP contribution in [0.1, 0.15) is 27.9 Å². The lowest BCUT2D eigenvalue weighted by Crippen LogP contribution is -2.49. The molecule has 0 unspecified atom stereocenters. The fraction of sp³-hybridized carbons (Fsp3) is 0.381. The number of nitrogens with one attached hydrogen (secondary N) is 1. The number of alkyl halides is 3. The van der Waals surface area contributed by atoms with E-state index in [1.807, 2.05) is 17.9 Å². The van der Waals surface area contributed by atoms with Crippen LogP contribution in [0, 0.1) is 6.92 Å². The Bertz CT molecular complexity index is 892. The van der Waals surface area contributed by atoms with Crippen molar-refractivity contribution in [3.05, 3.63) is 59.3 Å². The summed E-state index contributed by atoms with van der Waals surface area (Å²) in [7, 11) is 0. The van der Waals surface area contributed by atoms with E-state index >= 15 is 0 Å². The van der Waals surface area contributed by atoms with Crippen molar-refractivity contribution < 1.29 is 22.8 Å². The molecule has 2 amide bonds. The van der Waals surface area contributed by atoms with Gasteiger partial charge in [-0.1, -0.05) is 17.7 Å². The molecule has 0 spiro atoms. The van der Waals surface area contributed by atoms with E-state index in [4.69, 9.17) is 0 Å². The highest BCUT2D eigenvalue weighted by Crippen LogP contribution is 2.29. The molecule has 1 saturated heterocycles. The number of halogens is 3. The summed E-state index contributed by atoms with van der Waals surface area (Å²) in [6, 6.07) is 9.57. The van der Waals surface area contributed by atoms with Gasteiger partial charge in [-0.15, -0.1) is 0 Å². The molecule has 1 N–H and O–H groups in total. The minimum absolute atomic E-state index is 0.0698. The van der Waals surface area contributed by atoms with Gasteiger partial charge in [-0.2, -0.15) is 13.2 Å². The predicted molar refractivity (Wildman–Crippen MR) is 106 cm³/mol. The number of aromatic nitrogens is 1. The van der Waals surface area contributed by atoms with Gasteiger partial charge in [0.15, 0.2) is 0 Å². The first-order valence-electron chi connectivity index (χ1n) is 9.65. The summed E-state index contributed by atoms with van der Waals surface area (Å²) in [6.07, 6.45) is -3.40. The Morgan fingerprint density at radius 2 is 1.83 bits per heavy atom. The molecule has 0 aliphatic carbocycles. The van der Waals surface area contributed by atoms with Crippen molar-refractivity contribution in [3.63, 3.8) is 0 Å². The molecule has 30 heavy (non-hydrogen) atoms. The van der Waals surface area contributed by atoms with Crippen LogP contribution >= 0.6 is 0 Å². The van der Waals surface area contributed by atoms with Gasteiger partial charge in [-0.3, -0.25) is 9.59 Å². The highest BCUT2D eigenvalue weighted by Gasteiger charge is 2.31. The standard InChI is InChI=1S/C21H23F3N4O2/c1-15-3-2-4-16(13-15)20(30)25-8-7-19(29)28-11-9-27(10-12-28)18-6-5-17(14-26-18)21(22,23)24/h2-6,13-14H,7-12H2,1H3,(H,25,30). The van der Waals surface area contributed by atoms with E-state index in [1.165, 1.54) is 6.07 Å². The van der Waals surface area contributed by atoms with Crippen LogP contribution in [0.2, 0.25) is 0 Å². The highest BCUT2D eigenvalue weighted by molar-refractivity contribution is 5.94. The van der Waals surface area contributed by atoms with Crippen LogP contribution in [0.4, 0.5) is 19.0 Å². The van der Waals surface area contributed by atoms with E-state index in [0.717, 1.165) is 17.8 Å². The van der Waals surface area contributed by atoms with Gasteiger partial charge in [-0.25, -0.2) is 4.98 Å². The van der Waals surface area contributed by atoms with E-state index in [-0.39, 0.29) is 24.8 Å². The van der Waals surface area contributed by atoms with Crippen LogP contribution in [0.5, 0.6) is 0 Å². The van der Waals surface area contributed by atoms with E-state index in [1.54, 1.807) is 23.1 Å². The van der Waals surface area contributed by atoms with Crippen molar-refractivity contribution >= 4 is 17.6 Å². The van der Waals surface area contributed by atoms with Crippen LogP contribution in [0.25, 0.3) is 0 Å². The van der Waals surface area contributed by atoms with Crippen LogP contribution in [-0.2, 0) is 11.0 Å². The number of anilines is 1. The number of aryl methyl sites for hydroxylation is 1. The molecule has 1 aromatic heterocycles. The van der Waals surface area contributed by atoms with E-state index in [0.29, 0.717) is 37.6 Å². The molecule has 1 aliphatic rings. The maximum absolute atomic E-state index is 12.6. The van der Waals surface area contributed by atoms with Crippen molar-refractivity contribution in [1.82, 2.24) is 15.2 Å². The molecule has 1 fully saturated rings. The number of rotatable bonds is 5. The number of hydrogen-bond donors (Lipinski definition) is 1. The zero-order chi connectivity index (χ0) is 21.7. The normalized spacial score (nSPS) is 14.5. The van der Waals surface area contributed by atoms with Crippen LogP contribution in [-0.4, -0.2) is 54.4 Å². The zero-order valence-electron chi connectivity index (χ0n) is 16.6. The first-order valence-corrected chi connectivity index (χ1v) is 9.65. The maximum Gasteiger partial charge on any atom is 0.417 e. The summed E-state index contributed by atoms with van der Waals surface area (Å²) in [4.78, 5) is 31.9. The summed E-state index contributed by atoms with van der Waals surface area (Å²) in [5, 5.41) is 2.75. The molecule has 0 bridgehead atoms. The van der Waals surface area contributed by atoms with Crippen molar-refractivity contribution in [3.8, 4) is 0 Å². The first kappa shape index (κ1) is 21.6. The summed E-state index contributed by atoms with van der Waals surface area (Å²) in [5.74, 6) is 0.171. The second kappa shape index (κ2) is 9.15. The summed E-state index contributed by atoms with van der Waals surface area (Å²) in [6.45, 7) is 4.02. The molecule has 2 heterocycles. The summed E-state index contributed by atoms with van der Waals surface area (Å²) >= 11 is 0. The number of carbonyl (C=O) groups is 2. The Morgan fingerprint density at radius 3 is 2.43 bits per heavy atom. The molecule has 3 rings (SSSR count). The van der Waals surface area contributed by atoms with Crippen LogP contribution in [0.15, 0.2) is 42.6 Å². The Labute approximate surface area is 172 Å². The smallest absolute Gasteiger partial charge is 0.353 e. The molecule has 9 heteroatoms. The highest BCUT2D eigenvalue weighted by atomic mass is 19.4. The Morgan fingerprint density at radius 1 is 1.10 bits per heavy atom. The van der Waals surface area contributed by atoms with Gasteiger partial charge in [0.05, 0.1) is 5.56 Å². The fourth-order valence-corrected chi connectivity index (χ4v) is 3.26. The molecule has 2 aromatic rings. The molecule has 0 atom stereocenters.